The molecule has 3 N–H and O–H groups in total. The first-order valence-corrected chi connectivity index (χ1v) is 20.8. The van der Waals surface area contributed by atoms with E-state index in [2.05, 4.69) is 29.7 Å². The molecule has 0 aromatic rings. The molecule has 3 aliphatic heterocycles. The number of hydrogen-bond donors (Lipinski definition) is 3. The van der Waals surface area contributed by atoms with Gasteiger partial charge in [-0.15, -0.1) is 0 Å². The number of aliphatic hydroxyl groups excluding tert-OH is 3. The number of rotatable bonds is 13. The molecule has 0 bridgehead atoms. The van der Waals surface area contributed by atoms with Gasteiger partial charge in [0.05, 0.1) is 36.9 Å². The van der Waals surface area contributed by atoms with E-state index >= 15 is 0 Å². The van der Waals surface area contributed by atoms with Gasteiger partial charge >= 0.3 is 5.97 Å². The van der Waals surface area contributed by atoms with E-state index in [-0.39, 0.29) is 30.0 Å². The van der Waals surface area contributed by atoms with Gasteiger partial charge < -0.3 is 44.2 Å². The van der Waals surface area contributed by atoms with Crippen LogP contribution >= 0.6 is 0 Å². The van der Waals surface area contributed by atoms with Crippen molar-refractivity contribution in [3.63, 3.8) is 0 Å². The Kier molecular flexibility index (Phi) is 19.6. The quantitative estimate of drug-likeness (QED) is 0.224. The van der Waals surface area contributed by atoms with Crippen LogP contribution in [0.5, 0.6) is 0 Å². The predicted octanol–water partition coefficient (Wildman–Crippen LogP) is 4.82. The molecule has 3 aliphatic rings. The fourth-order valence-electron chi connectivity index (χ4n) is 8.61. The number of piperidine rings is 1. The number of aliphatic hydroxyl groups is 3. The van der Waals surface area contributed by atoms with E-state index in [0.717, 1.165) is 70.5 Å². The largest absolute Gasteiger partial charge is 0.462 e. The third kappa shape index (κ3) is 13.8. The van der Waals surface area contributed by atoms with Gasteiger partial charge in [0, 0.05) is 24.3 Å². The van der Waals surface area contributed by atoms with Gasteiger partial charge in [-0.25, -0.2) is 0 Å². The van der Waals surface area contributed by atoms with Crippen molar-refractivity contribution in [3.8, 4) is 0 Å². The molecule has 2 fully saturated rings. The highest BCUT2D eigenvalue weighted by Gasteiger charge is 2.47. The number of carbonyl (C=O) groups is 2. The van der Waals surface area contributed by atoms with Crippen LogP contribution in [0.4, 0.5) is 0 Å². The van der Waals surface area contributed by atoms with Crippen LogP contribution < -0.4 is 0 Å². The van der Waals surface area contributed by atoms with Crippen molar-refractivity contribution in [3.05, 3.63) is 23.8 Å². The number of esters is 1. The van der Waals surface area contributed by atoms with Gasteiger partial charge in [0.1, 0.15) is 12.2 Å². The summed E-state index contributed by atoms with van der Waals surface area (Å²) in [6.07, 6.45) is 6.86. The second-order valence-electron chi connectivity index (χ2n) is 16.5. The summed E-state index contributed by atoms with van der Waals surface area (Å²) in [6, 6.07) is -0.636. The molecule has 11 nitrogen and oxygen atoms in total. The van der Waals surface area contributed by atoms with Crippen LogP contribution in [0, 0.1) is 23.7 Å². The van der Waals surface area contributed by atoms with Gasteiger partial charge in [-0.1, -0.05) is 58.8 Å². The molecule has 7 unspecified atom stereocenters. The summed E-state index contributed by atoms with van der Waals surface area (Å²) in [5.41, 5.74) is 0.941. The zero-order valence-electron chi connectivity index (χ0n) is 34.5. The third-order valence-corrected chi connectivity index (χ3v) is 11.8. The minimum absolute atomic E-state index is 0.0201. The van der Waals surface area contributed by atoms with Gasteiger partial charge in [-0.05, 0) is 118 Å². The predicted molar refractivity (Wildman–Crippen MR) is 209 cm³/mol. The molecule has 0 saturated carbocycles. The molecule has 0 aliphatic carbocycles. The Balaban J connectivity index is 2.04. The molecule has 53 heavy (non-hydrogen) atoms. The van der Waals surface area contributed by atoms with Gasteiger partial charge in [-0.2, -0.15) is 0 Å². The first-order chi connectivity index (χ1) is 25.2. The molecule has 3 heterocycles. The minimum atomic E-state index is -1.17. The molecule has 12 atom stereocenters. The summed E-state index contributed by atoms with van der Waals surface area (Å²) < 4.78 is 19.1. The standard InChI is InChI=1S/C42H75N3O8/c1-10-19-45(20-11-2)27-33-24-28(4)16-17-34(46)29(5)25-32(18-23-44-21-14-13-15-22-44)41(30(6)35(47)26-37(48)52-36(33)12-3)53-42-40(50)38(43(8)9)39(49)31(7)51-42/h16-17,24,29-33,35-36,38-42,47,49-50H,10-15,18-23,25-27H2,1-9H3/t29?,30?,31-,32?,33?,35?,36?,38+,39-,40-,41?,42+/m1/s1. The van der Waals surface area contributed by atoms with E-state index in [1.165, 1.54) is 6.42 Å². The maximum atomic E-state index is 13.8. The number of cyclic esters (lactones) is 1. The highest BCUT2D eigenvalue weighted by atomic mass is 16.7. The molecular weight excluding hydrogens is 674 g/mol. The molecule has 0 radical (unpaired) electrons. The molecule has 306 valence electrons. The SMILES string of the molecule is CCCN(CCC)CC1C=C(C)C=CC(=O)C(C)CC(CCN2CCCCC2)C(O[C@@H]2O[C@H](C)[C@@H](O)[C@H](N(C)C)[C@H]2O)C(C)C(O)CC(=O)OC1CC. The van der Waals surface area contributed by atoms with Crippen molar-refractivity contribution in [2.24, 2.45) is 23.7 Å². The molecule has 0 spiro atoms. The molecule has 11 heteroatoms. The van der Waals surface area contributed by atoms with E-state index in [1.54, 1.807) is 32.0 Å². The number of allylic oxidation sites excluding steroid dienone is 3. The van der Waals surface area contributed by atoms with Crippen LogP contribution in [0.25, 0.3) is 0 Å². The minimum Gasteiger partial charge on any atom is -0.462 e. The number of carbonyl (C=O) groups excluding carboxylic acids is 2. The lowest BCUT2D eigenvalue weighted by molar-refractivity contribution is -0.304. The maximum absolute atomic E-state index is 13.8. The molecule has 0 aromatic carbocycles. The Labute approximate surface area is 321 Å². The first kappa shape index (κ1) is 45.7. The normalized spacial score (nSPS) is 36.2. The molecule has 0 aromatic heterocycles. The lowest BCUT2D eigenvalue weighted by atomic mass is 9.79. The summed E-state index contributed by atoms with van der Waals surface area (Å²) in [4.78, 5) is 34.1. The average Bonchev–Trinajstić information content (AvgIpc) is 3.11. The summed E-state index contributed by atoms with van der Waals surface area (Å²) >= 11 is 0. The number of nitrogens with zero attached hydrogens (tertiary/aromatic N) is 3. The number of hydrogen-bond acceptors (Lipinski definition) is 11. The van der Waals surface area contributed by atoms with Gasteiger partial charge in [0.25, 0.3) is 0 Å². The lowest BCUT2D eigenvalue weighted by Crippen LogP contribution is -2.63. The van der Waals surface area contributed by atoms with Gasteiger partial charge in [0.15, 0.2) is 12.1 Å². The van der Waals surface area contributed by atoms with E-state index in [1.807, 2.05) is 33.8 Å². The monoisotopic (exact) mass is 750 g/mol. The van der Waals surface area contributed by atoms with E-state index < -0.39 is 60.8 Å². The number of ketones is 1. The second kappa shape index (κ2) is 22.8. The van der Waals surface area contributed by atoms with E-state index in [4.69, 9.17) is 14.2 Å². The fraction of sp³-hybridized carbons (Fsp3) is 0.857. The Morgan fingerprint density at radius 3 is 2.21 bits per heavy atom. The average molecular weight is 750 g/mol. The van der Waals surface area contributed by atoms with Gasteiger partial charge in [0.2, 0.25) is 0 Å². The lowest BCUT2D eigenvalue weighted by Gasteiger charge is -2.47. The Morgan fingerprint density at radius 2 is 1.60 bits per heavy atom. The van der Waals surface area contributed by atoms with Crippen molar-refractivity contribution in [2.75, 3.05) is 53.4 Å². The van der Waals surface area contributed by atoms with E-state index in [0.29, 0.717) is 19.3 Å². The van der Waals surface area contributed by atoms with Crippen LogP contribution in [0.2, 0.25) is 0 Å². The third-order valence-electron chi connectivity index (χ3n) is 11.8. The van der Waals surface area contributed by atoms with Crippen molar-refractivity contribution >= 4 is 11.8 Å². The fourth-order valence-corrected chi connectivity index (χ4v) is 8.61. The number of likely N-dealkylation sites (N-methyl/N-ethyl adjacent to an activating group) is 1. The topological polar surface area (TPSA) is 132 Å². The Bertz CT molecular complexity index is 1150. The molecular formula is C42H75N3O8. The summed E-state index contributed by atoms with van der Waals surface area (Å²) in [6.45, 7) is 19.4. The first-order valence-electron chi connectivity index (χ1n) is 20.8. The molecule has 2 saturated heterocycles. The summed E-state index contributed by atoms with van der Waals surface area (Å²) in [7, 11) is 3.60. The van der Waals surface area contributed by atoms with Crippen LogP contribution in [0.3, 0.4) is 0 Å². The Hall–Kier alpha value is -1.70. The Morgan fingerprint density at radius 1 is 0.943 bits per heavy atom. The zero-order chi connectivity index (χ0) is 39.2. The van der Waals surface area contributed by atoms with Crippen molar-refractivity contribution < 1.29 is 39.1 Å². The number of likely N-dealkylation sites (tertiary alicyclic amines) is 1. The summed E-state index contributed by atoms with van der Waals surface area (Å²) in [5, 5.41) is 34.3. The van der Waals surface area contributed by atoms with Gasteiger partial charge in [-0.3, -0.25) is 9.59 Å². The molecule has 3 rings (SSSR count). The van der Waals surface area contributed by atoms with Crippen molar-refractivity contribution in [1.82, 2.24) is 14.7 Å². The smallest absolute Gasteiger partial charge is 0.308 e. The second-order valence-corrected chi connectivity index (χ2v) is 16.5. The number of ether oxygens (including phenoxy) is 3. The van der Waals surface area contributed by atoms with E-state index in [9.17, 15) is 24.9 Å². The van der Waals surface area contributed by atoms with Crippen molar-refractivity contribution in [2.45, 2.75) is 155 Å². The van der Waals surface area contributed by atoms with Crippen LogP contribution in [-0.2, 0) is 23.8 Å². The highest BCUT2D eigenvalue weighted by molar-refractivity contribution is 5.91. The zero-order valence-corrected chi connectivity index (χ0v) is 34.5. The molecule has 0 amide bonds. The summed E-state index contributed by atoms with van der Waals surface area (Å²) in [5.74, 6) is -1.65. The highest BCUT2D eigenvalue weighted by Crippen LogP contribution is 2.35. The van der Waals surface area contributed by atoms with Crippen LogP contribution in [0.15, 0.2) is 23.8 Å². The van der Waals surface area contributed by atoms with Crippen LogP contribution in [-0.4, -0.2) is 144 Å². The maximum Gasteiger partial charge on any atom is 0.308 e. The van der Waals surface area contributed by atoms with Crippen molar-refractivity contribution in [1.29, 1.82) is 0 Å². The van der Waals surface area contributed by atoms with Crippen LogP contribution in [0.1, 0.15) is 106 Å².